The summed E-state index contributed by atoms with van der Waals surface area (Å²) in [5.41, 5.74) is -1.74. The molecule has 3 amide bonds. The van der Waals surface area contributed by atoms with Gasteiger partial charge in [0.2, 0.25) is 0 Å². The number of hydrogen-bond donors (Lipinski definition) is 1. The lowest BCUT2D eigenvalue weighted by atomic mass is 9.91. The molecule has 1 unspecified atom stereocenters. The SMILES string of the molecule is CC(C)CN1C(=O)NC(C)(c2cc(F)ccc2F)C1=O. The Hall–Kier alpha value is -1.98. The molecule has 1 N–H and O–H groups in total. The molecule has 0 spiro atoms. The fourth-order valence-corrected chi connectivity index (χ4v) is 2.29. The van der Waals surface area contributed by atoms with Crippen molar-refractivity contribution >= 4 is 11.9 Å². The number of rotatable bonds is 3. The van der Waals surface area contributed by atoms with E-state index in [1.807, 2.05) is 13.8 Å². The first-order valence-corrected chi connectivity index (χ1v) is 6.35. The van der Waals surface area contributed by atoms with Gasteiger partial charge in [0.05, 0.1) is 0 Å². The maximum atomic E-state index is 13.9. The van der Waals surface area contributed by atoms with Gasteiger partial charge in [-0.3, -0.25) is 9.69 Å². The molecule has 4 nitrogen and oxygen atoms in total. The number of amides is 3. The van der Waals surface area contributed by atoms with Gasteiger partial charge in [-0.05, 0) is 31.0 Å². The van der Waals surface area contributed by atoms with Crippen molar-refractivity contribution in [2.75, 3.05) is 6.54 Å². The Kier molecular flexibility index (Phi) is 3.50. The van der Waals surface area contributed by atoms with Crippen molar-refractivity contribution in [1.29, 1.82) is 0 Å². The van der Waals surface area contributed by atoms with Crippen molar-refractivity contribution in [3.63, 3.8) is 0 Å². The van der Waals surface area contributed by atoms with Gasteiger partial charge in [-0.2, -0.15) is 0 Å². The van der Waals surface area contributed by atoms with Crippen LogP contribution < -0.4 is 5.32 Å². The first-order chi connectivity index (χ1) is 9.25. The van der Waals surface area contributed by atoms with E-state index in [2.05, 4.69) is 5.32 Å². The Bertz CT molecular complexity index is 574. The van der Waals surface area contributed by atoms with Gasteiger partial charge in [-0.25, -0.2) is 13.6 Å². The summed E-state index contributed by atoms with van der Waals surface area (Å²) in [7, 11) is 0. The molecule has 0 aliphatic carbocycles. The molecule has 1 atom stereocenters. The van der Waals surface area contributed by atoms with Gasteiger partial charge in [0.1, 0.15) is 17.2 Å². The van der Waals surface area contributed by atoms with Crippen LogP contribution >= 0.6 is 0 Å². The summed E-state index contributed by atoms with van der Waals surface area (Å²) in [4.78, 5) is 25.3. The van der Waals surface area contributed by atoms with Crippen LogP contribution in [0.2, 0.25) is 0 Å². The van der Waals surface area contributed by atoms with Crippen molar-refractivity contribution < 1.29 is 18.4 Å². The fraction of sp³-hybridized carbons (Fsp3) is 0.429. The molecule has 6 heteroatoms. The molecule has 1 aliphatic rings. The van der Waals surface area contributed by atoms with Crippen LogP contribution in [0.4, 0.5) is 13.6 Å². The summed E-state index contributed by atoms with van der Waals surface area (Å²) in [6, 6.07) is 2.26. The molecule has 0 bridgehead atoms. The Morgan fingerprint density at radius 3 is 2.55 bits per heavy atom. The van der Waals surface area contributed by atoms with Crippen LogP contribution in [0.1, 0.15) is 26.3 Å². The number of nitrogens with zero attached hydrogens (tertiary/aromatic N) is 1. The predicted molar refractivity (Wildman–Crippen MR) is 68.8 cm³/mol. The molecule has 1 saturated heterocycles. The molecule has 20 heavy (non-hydrogen) atoms. The summed E-state index contributed by atoms with van der Waals surface area (Å²) in [6.07, 6.45) is 0. The monoisotopic (exact) mass is 282 g/mol. The highest BCUT2D eigenvalue weighted by Crippen LogP contribution is 2.31. The van der Waals surface area contributed by atoms with Gasteiger partial charge in [0, 0.05) is 12.1 Å². The van der Waals surface area contributed by atoms with E-state index in [0.29, 0.717) is 0 Å². The zero-order valence-corrected chi connectivity index (χ0v) is 11.5. The van der Waals surface area contributed by atoms with E-state index in [9.17, 15) is 18.4 Å². The van der Waals surface area contributed by atoms with Crippen LogP contribution in [0.3, 0.4) is 0 Å². The van der Waals surface area contributed by atoms with Crippen LogP contribution in [-0.4, -0.2) is 23.4 Å². The van der Waals surface area contributed by atoms with Crippen molar-refractivity contribution in [1.82, 2.24) is 10.2 Å². The topological polar surface area (TPSA) is 49.4 Å². The lowest BCUT2D eigenvalue weighted by Crippen LogP contribution is -2.42. The third-order valence-corrected chi connectivity index (χ3v) is 3.29. The molecule has 1 heterocycles. The summed E-state index contributed by atoms with van der Waals surface area (Å²) in [6.45, 7) is 5.33. The van der Waals surface area contributed by atoms with Crippen molar-refractivity contribution in [3.05, 3.63) is 35.4 Å². The average molecular weight is 282 g/mol. The number of benzene rings is 1. The molecule has 2 rings (SSSR count). The molecule has 108 valence electrons. The number of carbonyl (C=O) groups is 2. The zero-order chi connectivity index (χ0) is 15.1. The smallest absolute Gasteiger partial charge is 0.319 e. The van der Waals surface area contributed by atoms with Crippen molar-refractivity contribution in [2.24, 2.45) is 5.92 Å². The van der Waals surface area contributed by atoms with Gasteiger partial charge in [-0.15, -0.1) is 0 Å². The molecule has 0 aromatic heterocycles. The minimum Gasteiger partial charge on any atom is -0.319 e. The summed E-state index contributed by atoms with van der Waals surface area (Å²) < 4.78 is 27.2. The number of hydrogen-bond acceptors (Lipinski definition) is 2. The van der Waals surface area contributed by atoms with E-state index in [0.717, 1.165) is 23.1 Å². The average Bonchev–Trinajstić information content (AvgIpc) is 2.56. The lowest BCUT2D eigenvalue weighted by molar-refractivity contribution is -0.131. The first-order valence-electron chi connectivity index (χ1n) is 6.35. The second-order valence-corrected chi connectivity index (χ2v) is 5.49. The molecule has 0 radical (unpaired) electrons. The van der Waals surface area contributed by atoms with E-state index in [4.69, 9.17) is 0 Å². The Morgan fingerprint density at radius 2 is 1.95 bits per heavy atom. The van der Waals surface area contributed by atoms with Crippen molar-refractivity contribution in [3.8, 4) is 0 Å². The second-order valence-electron chi connectivity index (χ2n) is 5.49. The van der Waals surface area contributed by atoms with E-state index >= 15 is 0 Å². The van der Waals surface area contributed by atoms with Gasteiger partial charge in [-0.1, -0.05) is 13.8 Å². The van der Waals surface area contributed by atoms with Gasteiger partial charge in [0.15, 0.2) is 0 Å². The number of nitrogens with one attached hydrogen (secondary N) is 1. The Morgan fingerprint density at radius 1 is 1.30 bits per heavy atom. The van der Waals surface area contributed by atoms with Crippen molar-refractivity contribution in [2.45, 2.75) is 26.3 Å². The number of urea groups is 1. The molecule has 0 saturated carbocycles. The van der Waals surface area contributed by atoms with Crippen LogP contribution in [0.5, 0.6) is 0 Å². The zero-order valence-electron chi connectivity index (χ0n) is 11.5. The van der Waals surface area contributed by atoms with E-state index in [1.165, 1.54) is 6.92 Å². The third kappa shape index (κ3) is 2.26. The number of halogens is 2. The predicted octanol–water partition coefficient (Wildman–Crippen LogP) is 2.39. The fourth-order valence-electron chi connectivity index (χ4n) is 2.29. The molecule has 1 aliphatic heterocycles. The van der Waals surface area contributed by atoms with Gasteiger partial charge in [0.25, 0.3) is 5.91 Å². The largest absolute Gasteiger partial charge is 0.325 e. The van der Waals surface area contributed by atoms with Gasteiger partial charge >= 0.3 is 6.03 Å². The summed E-state index contributed by atoms with van der Waals surface area (Å²) in [5, 5.41) is 2.45. The van der Waals surface area contributed by atoms with Crippen LogP contribution in [-0.2, 0) is 10.3 Å². The number of imide groups is 1. The highest BCUT2D eigenvalue weighted by Gasteiger charge is 2.50. The number of carbonyl (C=O) groups excluding carboxylic acids is 2. The maximum absolute atomic E-state index is 13.9. The van der Waals surface area contributed by atoms with Gasteiger partial charge < -0.3 is 5.32 Å². The van der Waals surface area contributed by atoms with Crippen LogP contribution in [0.25, 0.3) is 0 Å². The summed E-state index contributed by atoms with van der Waals surface area (Å²) >= 11 is 0. The van der Waals surface area contributed by atoms with E-state index in [-0.39, 0.29) is 18.0 Å². The third-order valence-electron chi connectivity index (χ3n) is 3.29. The molecular formula is C14H16F2N2O2. The minimum absolute atomic E-state index is 0.0874. The normalized spacial score (nSPS) is 22.6. The standard InChI is InChI=1S/C14H16F2N2O2/c1-8(2)7-18-12(19)14(3,17-13(18)20)10-6-9(15)4-5-11(10)16/h4-6,8H,7H2,1-3H3,(H,17,20). The van der Waals surface area contributed by atoms with E-state index < -0.39 is 29.1 Å². The maximum Gasteiger partial charge on any atom is 0.325 e. The van der Waals surface area contributed by atoms with Crippen LogP contribution in [0, 0.1) is 17.6 Å². The molecule has 1 aromatic carbocycles. The highest BCUT2D eigenvalue weighted by molar-refractivity contribution is 6.07. The Balaban J connectivity index is 2.43. The quantitative estimate of drug-likeness (QED) is 0.865. The molecule has 1 aromatic rings. The minimum atomic E-state index is -1.57. The highest BCUT2D eigenvalue weighted by atomic mass is 19.1. The van der Waals surface area contributed by atoms with Crippen LogP contribution in [0.15, 0.2) is 18.2 Å². The lowest BCUT2D eigenvalue weighted by Gasteiger charge is -2.23. The first kappa shape index (κ1) is 14.4. The molecular weight excluding hydrogens is 266 g/mol. The second kappa shape index (κ2) is 4.85. The summed E-state index contributed by atoms with van der Waals surface area (Å²) in [5.74, 6) is -1.87. The van der Waals surface area contributed by atoms with E-state index in [1.54, 1.807) is 0 Å². The Labute approximate surface area is 115 Å². The molecule has 1 fully saturated rings.